The van der Waals surface area contributed by atoms with Gasteiger partial charge in [0.15, 0.2) is 5.76 Å². The Balaban J connectivity index is 1.49. The van der Waals surface area contributed by atoms with Gasteiger partial charge < -0.3 is 9.47 Å². The summed E-state index contributed by atoms with van der Waals surface area (Å²) in [5, 5.41) is 0. The lowest BCUT2D eigenvalue weighted by atomic mass is 10.1. The molecule has 0 saturated heterocycles. The topological polar surface area (TPSA) is 35.5 Å². The lowest BCUT2D eigenvalue weighted by Gasteiger charge is -2.07. The third-order valence-electron chi connectivity index (χ3n) is 4.60. The summed E-state index contributed by atoms with van der Waals surface area (Å²) in [6, 6.07) is 21.3. The van der Waals surface area contributed by atoms with E-state index in [1.165, 1.54) is 0 Å². The van der Waals surface area contributed by atoms with Crippen LogP contribution in [-0.2, 0) is 6.61 Å². The molecule has 0 saturated carbocycles. The average Bonchev–Trinajstić information content (AvgIpc) is 3.01. The maximum absolute atomic E-state index is 12.6. The highest BCUT2D eigenvalue weighted by Crippen LogP contribution is 2.35. The van der Waals surface area contributed by atoms with Gasteiger partial charge in [-0.1, -0.05) is 66.7 Å². The van der Waals surface area contributed by atoms with Crippen molar-refractivity contribution in [3.63, 3.8) is 0 Å². The highest BCUT2D eigenvalue weighted by molar-refractivity contribution is 6.14. The van der Waals surface area contributed by atoms with E-state index >= 15 is 0 Å². The first-order valence-electron chi connectivity index (χ1n) is 9.11. The van der Waals surface area contributed by atoms with Gasteiger partial charge in [0.25, 0.3) is 0 Å². The molecule has 0 aliphatic carbocycles. The van der Waals surface area contributed by atoms with Gasteiger partial charge in [-0.3, -0.25) is 4.79 Å². The van der Waals surface area contributed by atoms with Crippen LogP contribution in [0.3, 0.4) is 0 Å². The van der Waals surface area contributed by atoms with Crippen molar-refractivity contribution in [1.29, 1.82) is 0 Å². The minimum absolute atomic E-state index is 0.108. The summed E-state index contributed by atoms with van der Waals surface area (Å²) in [7, 11) is 0. The van der Waals surface area contributed by atoms with Gasteiger partial charge in [-0.15, -0.1) is 0 Å². The van der Waals surface area contributed by atoms with Gasteiger partial charge in [0.05, 0.1) is 5.56 Å². The molecule has 0 unspecified atom stereocenters. The fourth-order valence-electron chi connectivity index (χ4n) is 3.08. The molecule has 0 spiro atoms. The van der Waals surface area contributed by atoms with Gasteiger partial charge in [-0.05, 0) is 41.8 Å². The molecule has 3 aromatic rings. The van der Waals surface area contributed by atoms with Crippen LogP contribution < -0.4 is 9.47 Å². The predicted molar refractivity (Wildman–Crippen MR) is 111 cm³/mol. The zero-order valence-electron chi connectivity index (χ0n) is 15.6. The van der Waals surface area contributed by atoms with Crippen LogP contribution in [0, 0.1) is 6.92 Å². The number of Topliss-reactive ketones (excluding diaryl/α,β-unsaturated/α-hetero) is 1. The van der Waals surface area contributed by atoms with Crippen molar-refractivity contribution in [2.24, 2.45) is 0 Å². The monoisotopic (exact) mass is 368 g/mol. The van der Waals surface area contributed by atoms with Gasteiger partial charge in [0.1, 0.15) is 18.1 Å². The number of ether oxygens (including phenoxy) is 2. The molecule has 0 amide bonds. The minimum Gasteiger partial charge on any atom is -0.489 e. The molecule has 3 heteroatoms. The van der Waals surface area contributed by atoms with Crippen LogP contribution in [-0.4, -0.2) is 5.78 Å². The van der Waals surface area contributed by atoms with Gasteiger partial charge in [-0.2, -0.15) is 0 Å². The van der Waals surface area contributed by atoms with Gasteiger partial charge in [0, 0.05) is 6.07 Å². The van der Waals surface area contributed by atoms with Crippen molar-refractivity contribution in [2.75, 3.05) is 0 Å². The molecule has 28 heavy (non-hydrogen) atoms. The number of benzene rings is 3. The maximum Gasteiger partial charge on any atom is 0.231 e. The van der Waals surface area contributed by atoms with E-state index in [2.05, 4.69) is 6.58 Å². The van der Waals surface area contributed by atoms with Crippen LogP contribution >= 0.6 is 0 Å². The first-order chi connectivity index (χ1) is 13.6. The fraction of sp³-hybridized carbons (Fsp3) is 0.0800. The molecule has 4 rings (SSSR count). The third kappa shape index (κ3) is 3.74. The summed E-state index contributed by atoms with van der Waals surface area (Å²) in [6.07, 6.45) is 3.58. The Morgan fingerprint density at radius 3 is 2.57 bits per heavy atom. The summed E-state index contributed by atoms with van der Waals surface area (Å²) in [6.45, 7) is 6.21. The molecule has 1 aliphatic heterocycles. The van der Waals surface area contributed by atoms with Crippen LogP contribution in [0.5, 0.6) is 11.5 Å². The molecule has 1 aliphatic rings. The van der Waals surface area contributed by atoms with E-state index < -0.39 is 0 Å². The summed E-state index contributed by atoms with van der Waals surface area (Å²) in [5.74, 6) is 1.42. The number of carbonyl (C=O) groups excluding carboxylic acids is 1. The first kappa shape index (κ1) is 17.8. The Morgan fingerprint density at radius 1 is 1.00 bits per heavy atom. The van der Waals surface area contributed by atoms with Gasteiger partial charge in [0.2, 0.25) is 5.78 Å². The molecule has 3 nitrogen and oxygen atoms in total. The number of hydrogen-bond donors (Lipinski definition) is 0. The van der Waals surface area contributed by atoms with Crippen molar-refractivity contribution in [2.45, 2.75) is 13.5 Å². The number of rotatable bonds is 5. The number of carbonyl (C=O) groups is 1. The predicted octanol–water partition coefficient (Wildman–Crippen LogP) is 5.83. The number of allylic oxidation sites excluding steroid dienone is 1. The van der Waals surface area contributed by atoms with E-state index in [9.17, 15) is 4.79 Å². The first-order valence-corrected chi connectivity index (χ1v) is 9.11. The van der Waals surface area contributed by atoms with Crippen molar-refractivity contribution in [3.05, 3.63) is 107 Å². The van der Waals surface area contributed by atoms with Crippen LogP contribution in [0.4, 0.5) is 0 Å². The van der Waals surface area contributed by atoms with Crippen molar-refractivity contribution in [3.8, 4) is 11.5 Å². The lowest BCUT2D eigenvalue weighted by Crippen LogP contribution is -1.98. The standard InChI is InChI=1S/C25H20O3/c1-3-18-7-9-19(10-8-18)16-27-21-11-12-22-23(15-21)28-24(25(22)26)14-20-6-4-5-17(2)13-20/h3-15H,1,16H2,2H3/b24-14-. The number of fused-ring (bicyclic) bond motifs is 1. The highest BCUT2D eigenvalue weighted by Gasteiger charge is 2.27. The second-order valence-corrected chi connectivity index (χ2v) is 6.75. The van der Waals surface area contributed by atoms with E-state index in [0.29, 0.717) is 29.4 Å². The van der Waals surface area contributed by atoms with Crippen LogP contribution in [0.15, 0.2) is 79.1 Å². The number of ketones is 1. The Kier molecular flexibility index (Phi) is 4.81. The largest absolute Gasteiger partial charge is 0.489 e. The zero-order valence-corrected chi connectivity index (χ0v) is 15.6. The average molecular weight is 368 g/mol. The minimum atomic E-state index is -0.108. The Bertz CT molecular complexity index is 1080. The fourth-order valence-corrected chi connectivity index (χ4v) is 3.08. The summed E-state index contributed by atoms with van der Waals surface area (Å²) in [4.78, 5) is 12.6. The number of hydrogen-bond acceptors (Lipinski definition) is 3. The summed E-state index contributed by atoms with van der Waals surface area (Å²) < 4.78 is 11.7. The van der Waals surface area contributed by atoms with Crippen LogP contribution in [0.2, 0.25) is 0 Å². The molecule has 0 N–H and O–H groups in total. The smallest absolute Gasteiger partial charge is 0.231 e. The normalized spacial score (nSPS) is 13.9. The Hall–Kier alpha value is -3.59. The number of aryl methyl sites for hydroxylation is 1. The second-order valence-electron chi connectivity index (χ2n) is 6.75. The molecule has 0 radical (unpaired) electrons. The second kappa shape index (κ2) is 7.57. The van der Waals surface area contributed by atoms with Gasteiger partial charge in [-0.25, -0.2) is 0 Å². The van der Waals surface area contributed by atoms with Crippen molar-refractivity contribution < 1.29 is 14.3 Å². The van der Waals surface area contributed by atoms with Gasteiger partial charge >= 0.3 is 0 Å². The third-order valence-corrected chi connectivity index (χ3v) is 4.60. The van der Waals surface area contributed by atoms with E-state index in [0.717, 1.165) is 22.3 Å². The van der Waals surface area contributed by atoms with E-state index in [4.69, 9.17) is 9.47 Å². The summed E-state index contributed by atoms with van der Waals surface area (Å²) >= 11 is 0. The molecule has 0 fully saturated rings. The molecule has 0 aromatic heterocycles. The molecular formula is C25H20O3. The SMILES string of the molecule is C=Cc1ccc(COc2ccc3c(c2)O/C(=C\c2cccc(C)c2)C3=O)cc1. The molecule has 0 atom stereocenters. The highest BCUT2D eigenvalue weighted by atomic mass is 16.5. The molecule has 1 heterocycles. The van der Waals surface area contributed by atoms with E-state index in [1.54, 1.807) is 30.4 Å². The molecule has 3 aromatic carbocycles. The Morgan fingerprint density at radius 2 is 1.82 bits per heavy atom. The van der Waals surface area contributed by atoms with Crippen LogP contribution in [0.25, 0.3) is 12.2 Å². The zero-order chi connectivity index (χ0) is 19.5. The van der Waals surface area contributed by atoms with Crippen molar-refractivity contribution in [1.82, 2.24) is 0 Å². The maximum atomic E-state index is 12.6. The van der Waals surface area contributed by atoms with Crippen molar-refractivity contribution >= 4 is 17.9 Å². The summed E-state index contributed by atoms with van der Waals surface area (Å²) in [5.41, 5.74) is 4.76. The Labute approximate surface area is 164 Å². The lowest BCUT2D eigenvalue weighted by molar-refractivity contribution is 0.101. The molecule has 0 bridgehead atoms. The molecule has 138 valence electrons. The molecular weight excluding hydrogens is 348 g/mol. The van der Waals surface area contributed by atoms with E-state index in [1.807, 2.05) is 55.5 Å². The quantitative estimate of drug-likeness (QED) is 0.531. The van der Waals surface area contributed by atoms with Crippen LogP contribution in [0.1, 0.15) is 32.6 Å². The van der Waals surface area contributed by atoms with E-state index in [-0.39, 0.29) is 5.78 Å².